The number of amides is 2. The molecular weight excluding hydrogens is 371 g/mol. The van der Waals surface area contributed by atoms with Gasteiger partial charge in [-0.25, -0.2) is 0 Å². The van der Waals surface area contributed by atoms with Gasteiger partial charge in [-0.1, -0.05) is 46.9 Å². The van der Waals surface area contributed by atoms with Crippen LogP contribution in [-0.2, 0) is 11.2 Å². The molecule has 2 aromatic rings. The number of benzene rings is 2. The molecule has 0 aliphatic rings. The van der Waals surface area contributed by atoms with Crippen LogP contribution >= 0.6 is 34.8 Å². The van der Waals surface area contributed by atoms with Gasteiger partial charge in [-0.3, -0.25) is 9.59 Å². The Hall–Kier alpha value is -1.75. The Morgan fingerprint density at radius 3 is 2.38 bits per heavy atom. The number of carbonyl (C=O) groups is 2. The van der Waals surface area contributed by atoms with Crippen molar-refractivity contribution in [2.24, 2.45) is 0 Å². The monoisotopic (exact) mass is 384 g/mol. The first kappa shape index (κ1) is 18.6. The SMILES string of the molecule is O=C(CNC(=O)c1cccc(Cl)c1)NCCc1ccc(Cl)cc1Cl. The van der Waals surface area contributed by atoms with Crippen LogP contribution in [0.25, 0.3) is 0 Å². The van der Waals surface area contributed by atoms with Gasteiger partial charge < -0.3 is 10.6 Å². The lowest BCUT2D eigenvalue weighted by atomic mass is 10.1. The molecule has 0 spiro atoms. The summed E-state index contributed by atoms with van der Waals surface area (Å²) in [6.45, 7) is 0.299. The third-order valence-corrected chi connectivity index (χ3v) is 4.05. The minimum absolute atomic E-state index is 0.111. The van der Waals surface area contributed by atoms with Crippen LogP contribution in [0.15, 0.2) is 42.5 Å². The number of carbonyl (C=O) groups excluding carboxylic acids is 2. The summed E-state index contributed by atoms with van der Waals surface area (Å²) >= 11 is 17.7. The highest BCUT2D eigenvalue weighted by Crippen LogP contribution is 2.21. The maximum absolute atomic E-state index is 11.9. The Bertz CT molecular complexity index is 750. The summed E-state index contributed by atoms with van der Waals surface area (Å²) < 4.78 is 0. The van der Waals surface area contributed by atoms with Gasteiger partial charge in [0.15, 0.2) is 0 Å². The van der Waals surface area contributed by atoms with Gasteiger partial charge >= 0.3 is 0 Å². The Kier molecular flexibility index (Phi) is 6.91. The van der Waals surface area contributed by atoms with Crippen molar-refractivity contribution >= 4 is 46.6 Å². The van der Waals surface area contributed by atoms with E-state index in [-0.39, 0.29) is 18.4 Å². The van der Waals surface area contributed by atoms with Gasteiger partial charge in [0.1, 0.15) is 0 Å². The quantitative estimate of drug-likeness (QED) is 0.796. The molecule has 0 fully saturated rings. The van der Waals surface area contributed by atoms with Crippen molar-refractivity contribution in [2.75, 3.05) is 13.1 Å². The second-order valence-electron chi connectivity index (χ2n) is 5.03. The Labute approximate surface area is 155 Å². The van der Waals surface area contributed by atoms with Crippen molar-refractivity contribution in [3.8, 4) is 0 Å². The average Bonchev–Trinajstić information content (AvgIpc) is 2.54. The van der Waals surface area contributed by atoms with Gasteiger partial charge in [-0.2, -0.15) is 0 Å². The second kappa shape index (κ2) is 8.92. The minimum atomic E-state index is -0.353. The zero-order chi connectivity index (χ0) is 17.5. The summed E-state index contributed by atoms with van der Waals surface area (Å²) in [4.78, 5) is 23.7. The van der Waals surface area contributed by atoms with Crippen molar-refractivity contribution in [3.63, 3.8) is 0 Å². The zero-order valence-electron chi connectivity index (χ0n) is 12.6. The van der Waals surface area contributed by atoms with Crippen LogP contribution in [0.5, 0.6) is 0 Å². The van der Waals surface area contributed by atoms with Gasteiger partial charge in [-0.05, 0) is 42.3 Å². The molecule has 0 heterocycles. The second-order valence-corrected chi connectivity index (χ2v) is 6.31. The zero-order valence-corrected chi connectivity index (χ0v) is 14.9. The van der Waals surface area contributed by atoms with Gasteiger partial charge in [0.2, 0.25) is 5.91 Å². The third kappa shape index (κ3) is 5.71. The van der Waals surface area contributed by atoms with E-state index in [4.69, 9.17) is 34.8 Å². The summed E-state index contributed by atoms with van der Waals surface area (Å²) in [5.41, 5.74) is 1.30. The highest BCUT2D eigenvalue weighted by Gasteiger charge is 2.08. The van der Waals surface area contributed by atoms with E-state index >= 15 is 0 Å². The summed E-state index contributed by atoms with van der Waals surface area (Å²) in [5.74, 6) is -0.635. The highest BCUT2D eigenvalue weighted by atomic mass is 35.5. The third-order valence-electron chi connectivity index (χ3n) is 3.23. The van der Waals surface area contributed by atoms with Gasteiger partial charge in [0.05, 0.1) is 6.54 Å². The molecule has 0 aromatic heterocycles. The van der Waals surface area contributed by atoms with E-state index in [0.717, 1.165) is 5.56 Å². The molecule has 0 atom stereocenters. The van der Waals surface area contributed by atoms with E-state index in [1.165, 1.54) is 6.07 Å². The maximum atomic E-state index is 11.9. The number of rotatable bonds is 6. The fraction of sp³-hybridized carbons (Fsp3) is 0.176. The summed E-state index contributed by atoms with van der Waals surface area (Å²) in [6.07, 6.45) is 0.573. The minimum Gasteiger partial charge on any atom is -0.354 e. The van der Waals surface area contributed by atoms with Gasteiger partial charge in [0, 0.05) is 27.2 Å². The van der Waals surface area contributed by atoms with E-state index in [2.05, 4.69) is 10.6 Å². The largest absolute Gasteiger partial charge is 0.354 e. The van der Waals surface area contributed by atoms with E-state index in [0.29, 0.717) is 33.6 Å². The first-order chi connectivity index (χ1) is 11.5. The summed E-state index contributed by atoms with van der Waals surface area (Å²) in [6, 6.07) is 11.7. The van der Waals surface area contributed by atoms with Gasteiger partial charge in [0.25, 0.3) is 5.91 Å². The molecule has 2 rings (SSSR count). The lowest BCUT2D eigenvalue weighted by molar-refractivity contribution is -0.120. The van der Waals surface area contributed by atoms with Crippen molar-refractivity contribution < 1.29 is 9.59 Å². The van der Waals surface area contributed by atoms with E-state index in [1.54, 1.807) is 30.3 Å². The van der Waals surface area contributed by atoms with E-state index < -0.39 is 0 Å². The molecule has 0 aliphatic carbocycles. The Morgan fingerprint density at radius 1 is 0.917 bits per heavy atom. The molecule has 2 N–H and O–H groups in total. The van der Waals surface area contributed by atoms with E-state index in [1.807, 2.05) is 6.07 Å². The molecule has 0 radical (unpaired) electrons. The molecular formula is C17H15Cl3N2O2. The van der Waals surface area contributed by atoms with Crippen molar-refractivity contribution in [1.29, 1.82) is 0 Å². The number of hydrogen-bond acceptors (Lipinski definition) is 2. The molecule has 24 heavy (non-hydrogen) atoms. The standard InChI is InChI=1S/C17H15Cl3N2O2/c18-13-3-1-2-12(8-13)17(24)22-10-16(23)21-7-6-11-4-5-14(19)9-15(11)20/h1-5,8-9H,6-7,10H2,(H,21,23)(H,22,24). The summed E-state index contributed by atoms with van der Waals surface area (Å²) in [5, 5.41) is 6.85. The molecule has 126 valence electrons. The topological polar surface area (TPSA) is 58.2 Å². The molecule has 4 nitrogen and oxygen atoms in total. The highest BCUT2D eigenvalue weighted by molar-refractivity contribution is 6.35. The fourth-order valence-electron chi connectivity index (χ4n) is 2.02. The number of nitrogens with one attached hydrogen (secondary N) is 2. The molecule has 0 unspecified atom stereocenters. The predicted molar refractivity (Wildman–Crippen MR) is 97.0 cm³/mol. The van der Waals surface area contributed by atoms with Crippen LogP contribution in [0.1, 0.15) is 15.9 Å². The number of halogens is 3. The van der Waals surface area contributed by atoms with Crippen LogP contribution in [-0.4, -0.2) is 24.9 Å². The Balaban J connectivity index is 1.74. The Morgan fingerprint density at radius 2 is 1.67 bits per heavy atom. The average molecular weight is 386 g/mol. The van der Waals surface area contributed by atoms with Crippen LogP contribution < -0.4 is 10.6 Å². The molecule has 0 saturated heterocycles. The number of hydrogen-bond donors (Lipinski definition) is 2. The first-order valence-corrected chi connectivity index (χ1v) is 8.33. The first-order valence-electron chi connectivity index (χ1n) is 7.20. The molecule has 2 amide bonds. The molecule has 0 aliphatic heterocycles. The normalized spacial score (nSPS) is 10.3. The molecule has 7 heteroatoms. The fourth-order valence-corrected chi connectivity index (χ4v) is 2.71. The molecule has 0 saturated carbocycles. The lowest BCUT2D eigenvalue weighted by Gasteiger charge is -2.08. The summed E-state index contributed by atoms with van der Waals surface area (Å²) in [7, 11) is 0. The smallest absolute Gasteiger partial charge is 0.251 e. The molecule has 0 bridgehead atoms. The van der Waals surface area contributed by atoms with Crippen LogP contribution in [0.2, 0.25) is 15.1 Å². The van der Waals surface area contributed by atoms with Crippen molar-refractivity contribution in [2.45, 2.75) is 6.42 Å². The molecule has 2 aromatic carbocycles. The predicted octanol–water partition coefficient (Wildman–Crippen LogP) is 3.74. The van der Waals surface area contributed by atoms with Gasteiger partial charge in [-0.15, -0.1) is 0 Å². The van der Waals surface area contributed by atoms with Crippen LogP contribution in [0.3, 0.4) is 0 Å². The van der Waals surface area contributed by atoms with E-state index in [9.17, 15) is 9.59 Å². The van der Waals surface area contributed by atoms with Crippen LogP contribution in [0, 0.1) is 0 Å². The lowest BCUT2D eigenvalue weighted by Crippen LogP contribution is -2.37. The van der Waals surface area contributed by atoms with Crippen molar-refractivity contribution in [3.05, 3.63) is 68.7 Å². The van der Waals surface area contributed by atoms with Crippen molar-refractivity contribution in [1.82, 2.24) is 10.6 Å². The van der Waals surface area contributed by atoms with Crippen LogP contribution in [0.4, 0.5) is 0 Å². The maximum Gasteiger partial charge on any atom is 0.251 e.